The van der Waals surface area contributed by atoms with Gasteiger partial charge in [0.05, 0.1) is 0 Å². The van der Waals surface area contributed by atoms with Gasteiger partial charge in [0.15, 0.2) is 0 Å². The molecule has 88 valence electrons. The van der Waals surface area contributed by atoms with Crippen molar-refractivity contribution >= 4 is 23.5 Å². The van der Waals surface area contributed by atoms with Crippen molar-refractivity contribution in [2.45, 2.75) is 26.3 Å². The summed E-state index contributed by atoms with van der Waals surface area (Å²) in [5, 5.41) is 7.93. The van der Waals surface area contributed by atoms with Crippen LogP contribution in [-0.4, -0.2) is 6.21 Å². The zero-order chi connectivity index (χ0) is 12.3. The minimum absolute atomic E-state index is 0.127. The Hall–Kier alpha value is -1.06. The van der Waals surface area contributed by atoms with Gasteiger partial charge in [-0.25, -0.2) is 0 Å². The fourth-order valence-corrected chi connectivity index (χ4v) is 2.00. The second-order valence-corrected chi connectivity index (χ2v) is 4.81. The molecule has 1 unspecified atom stereocenters. The van der Waals surface area contributed by atoms with E-state index in [0.717, 1.165) is 12.0 Å². The van der Waals surface area contributed by atoms with Crippen molar-refractivity contribution in [3.63, 3.8) is 0 Å². The molecule has 5 N–H and O–H groups in total. The topological polar surface area (TPSA) is 75.9 Å². The van der Waals surface area contributed by atoms with Gasteiger partial charge in [-0.15, -0.1) is 0 Å². The first-order valence-electron chi connectivity index (χ1n) is 5.30. The number of nitrogen functional groups attached to an aromatic ring is 1. The highest BCUT2D eigenvalue weighted by atomic mass is 35.5. The van der Waals surface area contributed by atoms with Gasteiger partial charge in [0.25, 0.3) is 0 Å². The molecule has 1 aromatic rings. The highest BCUT2D eigenvalue weighted by Crippen LogP contribution is 2.28. The Morgan fingerprint density at radius 2 is 2.06 bits per heavy atom. The molecule has 3 nitrogen and oxygen atoms in total. The van der Waals surface area contributed by atoms with Crippen LogP contribution >= 0.6 is 11.6 Å². The summed E-state index contributed by atoms with van der Waals surface area (Å²) < 4.78 is 0. The molecule has 0 radical (unpaired) electrons. The fraction of sp³-hybridized carbons (Fsp3) is 0.417. The molecule has 0 aliphatic rings. The number of nitrogens with one attached hydrogen (secondary N) is 1. The molecule has 0 aliphatic heterocycles. The van der Waals surface area contributed by atoms with Gasteiger partial charge in [0.1, 0.15) is 0 Å². The van der Waals surface area contributed by atoms with Gasteiger partial charge < -0.3 is 16.9 Å². The SMILES string of the molecule is CC(C)CC(N)c1cc(Cl)cc(N)c1C=N. The largest absolute Gasteiger partial charge is 0.398 e. The van der Waals surface area contributed by atoms with Crippen LogP contribution in [0.4, 0.5) is 5.69 Å². The lowest BCUT2D eigenvalue weighted by Gasteiger charge is -2.18. The van der Waals surface area contributed by atoms with Crippen molar-refractivity contribution in [2.75, 3.05) is 5.73 Å². The van der Waals surface area contributed by atoms with E-state index < -0.39 is 0 Å². The molecule has 0 heterocycles. The summed E-state index contributed by atoms with van der Waals surface area (Å²) in [6, 6.07) is 3.32. The third-order valence-corrected chi connectivity index (χ3v) is 2.70. The maximum Gasteiger partial charge on any atom is 0.0430 e. The lowest BCUT2D eigenvalue weighted by molar-refractivity contribution is 0.510. The van der Waals surface area contributed by atoms with E-state index >= 15 is 0 Å². The second-order valence-electron chi connectivity index (χ2n) is 4.38. The number of halogens is 1. The van der Waals surface area contributed by atoms with E-state index in [-0.39, 0.29) is 6.04 Å². The Balaban J connectivity index is 3.15. The number of nitrogens with two attached hydrogens (primary N) is 2. The summed E-state index contributed by atoms with van der Waals surface area (Å²) in [4.78, 5) is 0. The van der Waals surface area contributed by atoms with E-state index in [1.807, 2.05) is 0 Å². The van der Waals surface area contributed by atoms with Gasteiger partial charge in [0.2, 0.25) is 0 Å². The third-order valence-electron chi connectivity index (χ3n) is 2.48. The van der Waals surface area contributed by atoms with Gasteiger partial charge >= 0.3 is 0 Å². The predicted molar refractivity (Wildman–Crippen MR) is 70.1 cm³/mol. The fourth-order valence-electron chi connectivity index (χ4n) is 1.77. The highest BCUT2D eigenvalue weighted by Gasteiger charge is 2.14. The quantitative estimate of drug-likeness (QED) is 0.558. The average Bonchev–Trinajstić information content (AvgIpc) is 2.15. The molecule has 4 heteroatoms. The molecule has 1 atom stereocenters. The molecular formula is C12H18ClN3. The number of hydrogen-bond acceptors (Lipinski definition) is 3. The lowest BCUT2D eigenvalue weighted by Crippen LogP contribution is -2.16. The van der Waals surface area contributed by atoms with Crippen molar-refractivity contribution in [3.8, 4) is 0 Å². The van der Waals surface area contributed by atoms with E-state index in [4.69, 9.17) is 28.5 Å². The van der Waals surface area contributed by atoms with Crippen LogP contribution in [-0.2, 0) is 0 Å². The molecule has 0 saturated carbocycles. The van der Waals surface area contributed by atoms with Crippen molar-refractivity contribution in [1.29, 1.82) is 5.41 Å². The predicted octanol–water partition coefficient (Wildman–Crippen LogP) is 2.97. The molecule has 0 spiro atoms. The van der Waals surface area contributed by atoms with Crippen molar-refractivity contribution in [3.05, 3.63) is 28.3 Å². The summed E-state index contributed by atoms with van der Waals surface area (Å²) in [6.45, 7) is 4.22. The van der Waals surface area contributed by atoms with Crippen LogP contribution in [0.2, 0.25) is 5.02 Å². The third kappa shape index (κ3) is 2.97. The molecule has 0 amide bonds. The zero-order valence-electron chi connectivity index (χ0n) is 9.63. The number of anilines is 1. The van der Waals surface area contributed by atoms with Crippen molar-refractivity contribution in [1.82, 2.24) is 0 Å². The Morgan fingerprint density at radius 3 is 2.56 bits per heavy atom. The van der Waals surface area contributed by atoms with Gasteiger partial charge in [-0.1, -0.05) is 25.4 Å². The first kappa shape index (κ1) is 13.0. The van der Waals surface area contributed by atoms with E-state index in [0.29, 0.717) is 22.2 Å². The average molecular weight is 240 g/mol. The number of rotatable bonds is 4. The summed E-state index contributed by atoms with van der Waals surface area (Å²) in [6.07, 6.45) is 2.09. The minimum Gasteiger partial charge on any atom is -0.398 e. The number of hydrogen-bond donors (Lipinski definition) is 3. The van der Waals surface area contributed by atoms with E-state index in [2.05, 4.69) is 13.8 Å². The van der Waals surface area contributed by atoms with E-state index in [1.54, 1.807) is 12.1 Å². The molecule has 0 aromatic heterocycles. The van der Waals surface area contributed by atoms with Crippen molar-refractivity contribution < 1.29 is 0 Å². The zero-order valence-corrected chi connectivity index (χ0v) is 10.4. The summed E-state index contributed by atoms with van der Waals surface area (Å²) >= 11 is 5.95. The molecule has 0 bridgehead atoms. The molecule has 0 aliphatic carbocycles. The van der Waals surface area contributed by atoms with Gasteiger partial charge in [-0.05, 0) is 30.0 Å². The molecule has 1 rings (SSSR count). The molecule has 0 fully saturated rings. The smallest absolute Gasteiger partial charge is 0.0430 e. The Labute approximate surface area is 101 Å². The molecule has 16 heavy (non-hydrogen) atoms. The van der Waals surface area contributed by atoms with Crippen LogP contribution in [0.25, 0.3) is 0 Å². The Bertz CT molecular complexity index is 388. The molecular weight excluding hydrogens is 222 g/mol. The van der Waals surface area contributed by atoms with Crippen molar-refractivity contribution in [2.24, 2.45) is 11.7 Å². The maximum absolute atomic E-state index is 7.37. The molecule has 1 aromatic carbocycles. The van der Waals surface area contributed by atoms with Crippen LogP contribution in [0, 0.1) is 11.3 Å². The van der Waals surface area contributed by atoms with Crippen LogP contribution < -0.4 is 11.5 Å². The first-order valence-corrected chi connectivity index (χ1v) is 5.68. The molecule has 0 saturated heterocycles. The number of benzene rings is 1. The van der Waals surface area contributed by atoms with E-state index in [9.17, 15) is 0 Å². The Morgan fingerprint density at radius 1 is 1.44 bits per heavy atom. The summed E-state index contributed by atoms with van der Waals surface area (Å²) in [5.74, 6) is 0.494. The Kier molecular flexibility index (Phi) is 4.33. The van der Waals surface area contributed by atoms with Gasteiger partial charge in [-0.3, -0.25) is 0 Å². The normalized spacial score (nSPS) is 12.8. The van der Waals surface area contributed by atoms with Gasteiger partial charge in [-0.2, -0.15) is 0 Å². The maximum atomic E-state index is 7.37. The standard InChI is InChI=1S/C12H18ClN3/c1-7(2)3-11(15)9-4-8(13)5-12(16)10(9)6-14/h4-7,11,14H,3,15-16H2,1-2H3. The van der Waals surface area contributed by atoms with Crippen LogP contribution in [0.15, 0.2) is 12.1 Å². The van der Waals surface area contributed by atoms with Gasteiger partial charge in [0, 0.05) is 28.5 Å². The first-order chi connectivity index (χ1) is 7.45. The lowest BCUT2D eigenvalue weighted by atomic mass is 9.93. The minimum atomic E-state index is -0.127. The van der Waals surface area contributed by atoms with Crippen LogP contribution in [0.3, 0.4) is 0 Å². The summed E-state index contributed by atoms with van der Waals surface area (Å²) in [7, 11) is 0. The monoisotopic (exact) mass is 239 g/mol. The summed E-state index contributed by atoms with van der Waals surface area (Å²) in [5.41, 5.74) is 13.9. The van der Waals surface area contributed by atoms with Crippen LogP contribution in [0.1, 0.15) is 37.4 Å². The highest BCUT2D eigenvalue weighted by molar-refractivity contribution is 6.31. The van der Waals surface area contributed by atoms with E-state index in [1.165, 1.54) is 6.21 Å². The second kappa shape index (κ2) is 5.32. The van der Waals surface area contributed by atoms with Crippen LogP contribution in [0.5, 0.6) is 0 Å².